The molecule has 0 bridgehead atoms. The highest BCUT2D eigenvalue weighted by Crippen LogP contribution is 2.30. The SMILES string of the molecule is CC(C)[C@H]1NC(=O)C2(CCCC2)NC(=O)C[C@@H](C(=O)NCCN2CCNC2=O)NC(=O)c2ccccc2OC[C@H](C)NC1=O. The fourth-order valence-electron chi connectivity index (χ4n) is 5.68. The molecule has 1 saturated carbocycles. The maximum absolute atomic E-state index is 13.7. The second-order valence-electron chi connectivity index (χ2n) is 12.0. The molecular weight excluding hydrogens is 570 g/mol. The Bertz CT molecular complexity index is 1260. The number of nitrogens with one attached hydrogen (secondary N) is 6. The third-order valence-corrected chi connectivity index (χ3v) is 8.15. The van der Waals surface area contributed by atoms with Crippen LogP contribution in [0.2, 0.25) is 0 Å². The minimum atomic E-state index is -1.29. The van der Waals surface area contributed by atoms with E-state index in [1.54, 1.807) is 30.0 Å². The molecule has 2 fully saturated rings. The van der Waals surface area contributed by atoms with Gasteiger partial charge in [-0.1, -0.05) is 38.8 Å². The molecule has 1 saturated heterocycles. The second kappa shape index (κ2) is 14.4. The monoisotopic (exact) mass is 613 g/mol. The first kappa shape index (κ1) is 32.6. The van der Waals surface area contributed by atoms with Gasteiger partial charge in [-0.2, -0.15) is 0 Å². The summed E-state index contributed by atoms with van der Waals surface area (Å²) in [6.07, 6.45) is 1.70. The zero-order chi connectivity index (χ0) is 31.9. The number of para-hydroxylation sites is 1. The van der Waals surface area contributed by atoms with Crippen molar-refractivity contribution >= 4 is 35.6 Å². The molecule has 1 aromatic rings. The van der Waals surface area contributed by atoms with Crippen LogP contribution in [0.15, 0.2) is 24.3 Å². The van der Waals surface area contributed by atoms with Crippen LogP contribution in [0.4, 0.5) is 4.79 Å². The van der Waals surface area contributed by atoms with E-state index in [2.05, 4.69) is 31.9 Å². The predicted molar refractivity (Wildman–Crippen MR) is 160 cm³/mol. The van der Waals surface area contributed by atoms with Crippen molar-refractivity contribution in [3.8, 4) is 5.75 Å². The van der Waals surface area contributed by atoms with Crippen LogP contribution < -0.4 is 36.6 Å². The van der Waals surface area contributed by atoms with E-state index in [9.17, 15) is 28.8 Å². The maximum atomic E-state index is 13.7. The van der Waals surface area contributed by atoms with Crippen LogP contribution in [0.1, 0.15) is 63.2 Å². The van der Waals surface area contributed by atoms with Crippen LogP contribution in [0.3, 0.4) is 0 Å². The molecule has 240 valence electrons. The summed E-state index contributed by atoms with van der Waals surface area (Å²) < 4.78 is 5.90. The fraction of sp³-hybridized carbons (Fsp3) is 0.600. The van der Waals surface area contributed by atoms with E-state index in [0.29, 0.717) is 38.8 Å². The molecule has 14 heteroatoms. The predicted octanol–water partition coefficient (Wildman–Crippen LogP) is -0.217. The van der Waals surface area contributed by atoms with Gasteiger partial charge in [-0.15, -0.1) is 0 Å². The molecule has 0 aromatic heterocycles. The summed E-state index contributed by atoms with van der Waals surface area (Å²) >= 11 is 0. The summed E-state index contributed by atoms with van der Waals surface area (Å²) in [5.41, 5.74) is -1.11. The van der Waals surface area contributed by atoms with Gasteiger partial charge in [0.05, 0.1) is 18.0 Å². The first-order valence-corrected chi connectivity index (χ1v) is 15.2. The molecule has 44 heavy (non-hydrogen) atoms. The lowest BCUT2D eigenvalue weighted by molar-refractivity contribution is -0.137. The molecule has 1 spiro atoms. The lowest BCUT2D eigenvalue weighted by atomic mass is 9.93. The third kappa shape index (κ3) is 7.97. The van der Waals surface area contributed by atoms with Crippen molar-refractivity contribution in [2.75, 3.05) is 32.8 Å². The molecule has 3 aliphatic rings. The van der Waals surface area contributed by atoms with E-state index in [1.165, 1.54) is 6.07 Å². The maximum Gasteiger partial charge on any atom is 0.317 e. The first-order chi connectivity index (χ1) is 21.0. The molecule has 6 N–H and O–H groups in total. The number of hydrogen-bond acceptors (Lipinski definition) is 7. The van der Waals surface area contributed by atoms with Gasteiger partial charge in [0, 0.05) is 26.2 Å². The van der Waals surface area contributed by atoms with Gasteiger partial charge < -0.3 is 41.5 Å². The van der Waals surface area contributed by atoms with Gasteiger partial charge in [0.2, 0.25) is 23.6 Å². The number of nitrogens with zero attached hydrogens (tertiary/aromatic N) is 1. The van der Waals surface area contributed by atoms with E-state index < -0.39 is 53.7 Å². The van der Waals surface area contributed by atoms with Crippen LogP contribution in [0.25, 0.3) is 0 Å². The van der Waals surface area contributed by atoms with Gasteiger partial charge in [0.15, 0.2) is 0 Å². The highest BCUT2D eigenvalue weighted by atomic mass is 16.5. The molecule has 2 aliphatic heterocycles. The van der Waals surface area contributed by atoms with Crippen molar-refractivity contribution in [1.29, 1.82) is 0 Å². The van der Waals surface area contributed by atoms with Gasteiger partial charge in [-0.05, 0) is 37.8 Å². The van der Waals surface area contributed by atoms with E-state index in [0.717, 1.165) is 0 Å². The van der Waals surface area contributed by atoms with Gasteiger partial charge in [-0.25, -0.2) is 4.79 Å². The van der Waals surface area contributed by atoms with Crippen molar-refractivity contribution in [2.45, 2.75) is 76.5 Å². The number of carbonyl (C=O) groups is 6. The van der Waals surface area contributed by atoms with Gasteiger partial charge in [-0.3, -0.25) is 24.0 Å². The molecule has 7 amide bonds. The molecule has 1 aromatic carbocycles. The Morgan fingerprint density at radius 2 is 1.80 bits per heavy atom. The topological polar surface area (TPSA) is 187 Å². The normalized spacial score (nSPS) is 24.8. The number of amides is 7. The molecule has 0 unspecified atom stereocenters. The van der Waals surface area contributed by atoms with E-state index >= 15 is 0 Å². The van der Waals surface area contributed by atoms with Crippen molar-refractivity contribution in [3.63, 3.8) is 0 Å². The summed E-state index contributed by atoms with van der Waals surface area (Å²) in [6, 6.07) is 3.63. The summed E-state index contributed by atoms with van der Waals surface area (Å²) in [5, 5.41) is 16.6. The summed E-state index contributed by atoms with van der Waals surface area (Å²) in [5.74, 6) is -2.72. The number of fused-ring (bicyclic) bond motifs is 1. The highest BCUT2D eigenvalue weighted by Gasteiger charge is 2.44. The second-order valence-corrected chi connectivity index (χ2v) is 12.0. The van der Waals surface area contributed by atoms with Crippen molar-refractivity contribution in [2.24, 2.45) is 5.92 Å². The highest BCUT2D eigenvalue weighted by molar-refractivity contribution is 6.01. The fourth-order valence-corrected chi connectivity index (χ4v) is 5.68. The number of benzene rings is 1. The van der Waals surface area contributed by atoms with E-state index in [-0.39, 0.29) is 48.9 Å². The average molecular weight is 614 g/mol. The van der Waals surface area contributed by atoms with Crippen molar-refractivity contribution in [1.82, 2.24) is 36.8 Å². The average Bonchev–Trinajstić information content (AvgIpc) is 3.63. The Kier molecular flexibility index (Phi) is 10.7. The van der Waals surface area contributed by atoms with Crippen molar-refractivity contribution in [3.05, 3.63) is 29.8 Å². The van der Waals surface area contributed by atoms with Gasteiger partial charge >= 0.3 is 6.03 Å². The van der Waals surface area contributed by atoms with Gasteiger partial charge in [0.25, 0.3) is 5.91 Å². The smallest absolute Gasteiger partial charge is 0.317 e. The summed E-state index contributed by atoms with van der Waals surface area (Å²) in [6.45, 7) is 6.82. The Balaban J connectivity index is 1.60. The largest absolute Gasteiger partial charge is 0.491 e. The Morgan fingerprint density at radius 3 is 2.48 bits per heavy atom. The molecule has 1 aliphatic carbocycles. The van der Waals surface area contributed by atoms with Crippen LogP contribution in [-0.2, 0) is 19.2 Å². The molecule has 0 radical (unpaired) electrons. The third-order valence-electron chi connectivity index (χ3n) is 8.15. The Morgan fingerprint density at radius 1 is 1.07 bits per heavy atom. The summed E-state index contributed by atoms with van der Waals surface area (Å²) in [7, 11) is 0. The van der Waals surface area contributed by atoms with Crippen LogP contribution in [0, 0.1) is 5.92 Å². The standard InChI is InChI=1S/C30H43N7O7/c1-18(2)24-27(41)33-19(3)17-44-22-9-5-4-8-20(22)25(39)34-21(26(40)31-12-14-37-15-13-32-29(37)43)16-23(38)36-30(28(42)35-24)10-6-7-11-30/h4-5,8-9,18-19,21,24H,6-7,10-17H2,1-3H3,(H,31,40)(H,32,43)(H,33,41)(H,34,39)(H,35,42)(H,36,38)/t19-,21-,24+/m0/s1. The Labute approximate surface area is 256 Å². The quantitative estimate of drug-likeness (QED) is 0.265. The number of rotatable bonds is 5. The number of carbonyl (C=O) groups excluding carboxylic acids is 6. The number of hydrogen-bond donors (Lipinski definition) is 6. The minimum Gasteiger partial charge on any atom is -0.491 e. The molecule has 4 rings (SSSR count). The van der Waals surface area contributed by atoms with Crippen molar-refractivity contribution < 1.29 is 33.5 Å². The molecular formula is C30H43N7O7. The number of urea groups is 1. The van der Waals surface area contributed by atoms with Crippen LogP contribution in [-0.4, -0.2) is 96.9 Å². The number of ether oxygens (including phenoxy) is 1. The lowest BCUT2D eigenvalue weighted by Gasteiger charge is -2.33. The van der Waals surface area contributed by atoms with Crippen LogP contribution >= 0.6 is 0 Å². The zero-order valence-corrected chi connectivity index (χ0v) is 25.5. The van der Waals surface area contributed by atoms with E-state index in [1.807, 2.05) is 13.8 Å². The summed E-state index contributed by atoms with van der Waals surface area (Å²) in [4.78, 5) is 80.6. The van der Waals surface area contributed by atoms with E-state index in [4.69, 9.17) is 4.74 Å². The molecule has 14 nitrogen and oxygen atoms in total. The molecule has 3 atom stereocenters. The van der Waals surface area contributed by atoms with Crippen LogP contribution in [0.5, 0.6) is 5.75 Å². The molecule has 2 heterocycles. The Hall–Kier alpha value is -4.36. The lowest BCUT2D eigenvalue weighted by Crippen LogP contribution is -2.62. The first-order valence-electron chi connectivity index (χ1n) is 15.2. The van der Waals surface area contributed by atoms with Gasteiger partial charge in [0.1, 0.15) is 30.0 Å². The minimum absolute atomic E-state index is 0.0345. The zero-order valence-electron chi connectivity index (χ0n) is 25.5.